The number of para-hydroxylation sites is 1. The van der Waals surface area contributed by atoms with E-state index in [1.807, 2.05) is 24.3 Å². The van der Waals surface area contributed by atoms with Crippen LogP contribution in [0, 0.1) is 6.92 Å². The van der Waals surface area contributed by atoms with E-state index < -0.39 is 5.97 Å². The molecule has 0 N–H and O–H groups in total. The summed E-state index contributed by atoms with van der Waals surface area (Å²) in [5.74, 6) is -0.103. The van der Waals surface area contributed by atoms with Gasteiger partial charge in [-0.3, -0.25) is 4.79 Å². The molecule has 0 amide bonds. The number of benzene rings is 2. The number of fused-ring (bicyclic) bond motifs is 1. The number of hydrogen-bond donors (Lipinski definition) is 0. The SMILES string of the molecule is COC(=O)c1ccc(C(=O)c2nc(C)nc3ccccc23)cc1. The molecule has 0 fully saturated rings. The van der Waals surface area contributed by atoms with Gasteiger partial charge in [0, 0.05) is 10.9 Å². The summed E-state index contributed by atoms with van der Waals surface area (Å²) in [6, 6.07) is 13.7. The molecule has 1 aromatic heterocycles. The van der Waals surface area contributed by atoms with E-state index in [0.29, 0.717) is 28.0 Å². The van der Waals surface area contributed by atoms with Crippen LogP contribution in [0.4, 0.5) is 0 Å². The summed E-state index contributed by atoms with van der Waals surface area (Å²) in [4.78, 5) is 32.8. The fourth-order valence-corrected chi connectivity index (χ4v) is 2.38. The second kappa shape index (κ2) is 5.96. The van der Waals surface area contributed by atoms with Crippen LogP contribution < -0.4 is 0 Å². The molecule has 5 nitrogen and oxygen atoms in total. The van der Waals surface area contributed by atoms with Gasteiger partial charge in [-0.2, -0.15) is 0 Å². The van der Waals surface area contributed by atoms with Crippen molar-refractivity contribution in [3.05, 3.63) is 71.2 Å². The summed E-state index contributed by atoms with van der Waals surface area (Å²) in [5.41, 5.74) is 1.95. The number of esters is 1. The van der Waals surface area contributed by atoms with Gasteiger partial charge in [0.1, 0.15) is 11.5 Å². The minimum Gasteiger partial charge on any atom is -0.465 e. The van der Waals surface area contributed by atoms with E-state index >= 15 is 0 Å². The van der Waals surface area contributed by atoms with Crippen LogP contribution >= 0.6 is 0 Å². The fraction of sp³-hybridized carbons (Fsp3) is 0.111. The number of ketones is 1. The van der Waals surface area contributed by atoms with E-state index in [4.69, 9.17) is 0 Å². The van der Waals surface area contributed by atoms with Crippen molar-refractivity contribution in [3.63, 3.8) is 0 Å². The molecule has 0 aliphatic heterocycles. The first kappa shape index (κ1) is 14.8. The smallest absolute Gasteiger partial charge is 0.337 e. The van der Waals surface area contributed by atoms with Gasteiger partial charge >= 0.3 is 5.97 Å². The maximum Gasteiger partial charge on any atom is 0.337 e. The second-order valence-corrected chi connectivity index (χ2v) is 5.03. The highest BCUT2D eigenvalue weighted by Crippen LogP contribution is 2.19. The first-order chi connectivity index (χ1) is 11.1. The van der Waals surface area contributed by atoms with Crippen molar-refractivity contribution in [2.24, 2.45) is 0 Å². The van der Waals surface area contributed by atoms with Crippen molar-refractivity contribution in [2.75, 3.05) is 7.11 Å². The zero-order valence-corrected chi connectivity index (χ0v) is 12.7. The summed E-state index contributed by atoms with van der Waals surface area (Å²) in [5, 5.41) is 0.708. The summed E-state index contributed by atoms with van der Waals surface area (Å²) in [6.45, 7) is 1.75. The van der Waals surface area contributed by atoms with E-state index in [1.54, 1.807) is 31.2 Å². The average molecular weight is 306 g/mol. The molecule has 0 saturated heterocycles. The number of rotatable bonds is 3. The van der Waals surface area contributed by atoms with Gasteiger partial charge in [0.2, 0.25) is 5.78 Å². The second-order valence-electron chi connectivity index (χ2n) is 5.03. The molecule has 0 saturated carbocycles. The number of hydrogen-bond acceptors (Lipinski definition) is 5. The summed E-state index contributed by atoms with van der Waals surface area (Å²) in [6.07, 6.45) is 0. The van der Waals surface area contributed by atoms with Crippen LogP contribution in [0.25, 0.3) is 10.9 Å². The Labute approximate surface area is 133 Å². The number of carbonyl (C=O) groups is 2. The van der Waals surface area contributed by atoms with Gasteiger partial charge in [-0.15, -0.1) is 0 Å². The first-order valence-corrected chi connectivity index (χ1v) is 7.06. The van der Waals surface area contributed by atoms with Crippen molar-refractivity contribution < 1.29 is 14.3 Å². The molecule has 3 rings (SSSR count). The van der Waals surface area contributed by atoms with Crippen LogP contribution in [0.1, 0.15) is 32.2 Å². The van der Waals surface area contributed by atoms with Gasteiger partial charge in [0.15, 0.2) is 0 Å². The van der Waals surface area contributed by atoms with Gasteiger partial charge < -0.3 is 4.74 Å². The highest BCUT2D eigenvalue weighted by molar-refractivity contribution is 6.14. The highest BCUT2D eigenvalue weighted by Gasteiger charge is 2.16. The Morgan fingerprint density at radius 3 is 2.26 bits per heavy atom. The average Bonchev–Trinajstić information content (AvgIpc) is 2.59. The molecule has 0 unspecified atom stereocenters. The fourth-order valence-electron chi connectivity index (χ4n) is 2.38. The van der Waals surface area contributed by atoms with Gasteiger partial charge in [0.05, 0.1) is 18.2 Å². The highest BCUT2D eigenvalue weighted by atomic mass is 16.5. The molecule has 0 aliphatic rings. The molecule has 114 valence electrons. The molecule has 3 aromatic rings. The van der Waals surface area contributed by atoms with E-state index in [2.05, 4.69) is 14.7 Å². The lowest BCUT2D eigenvalue weighted by atomic mass is 10.0. The quantitative estimate of drug-likeness (QED) is 0.549. The molecule has 0 spiro atoms. The van der Waals surface area contributed by atoms with Crippen LogP contribution in [-0.2, 0) is 4.74 Å². The first-order valence-electron chi connectivity index (χ1n) is 7.06. The van der Waals surface area contributed by atoms with Crippen LogP contribution in [0.3, 0.4) is 0 Å². The number of carbonyl (C=O) groups excluding carboxylic acids is 2. The lowest BCUT2D eigenvalue weighted by Gasteiger charge is -2.07. The Kier molecular flexibility index (Phi) is 3.85. The standard InChI is InChI=1S/C18H14N2O3/c1-11-19-15-6-4-3-5-14(15)16(20-11)17(21)12-7-9-13(10-8-12)18(22)23-2/h3-10H,1-2H3. The molecule has 1 heterocycles. The predicted octanol–water partition coefficient (Wildman–Crippen LogP) is 2.96. The van der Waals surface area contributed by atoms with Crippen LogP contribution in [0.5, 0.6) is 0 Å². The minimum atomic E-state index is -0.438. The monoisotopic (exact) mass is 306 g/mol. The van der Waals surface area contributed by atoms with Gasteiger partial charge in [-0.05, 0) is 25.1 Å². The minimum absolute atomic E-state index is 0.205. The van der Waals surface area contributed by atoms with Crippen LogP contribution in [0.2, 0.25) is 0 Å². The van der Waals surface area contributed by atoms with Gasteiger partial charge in [0.25, 0.3) is 0 Å². The Bertz CT molecular complexity index is 902. The number of ether oxygens (including phenoxy) is 1. The third-order valence-electron chi connectivity index (χ3n) is 3.50. The van der Waals surface area contributed by atoms with E-state index in [9.17, 15) is 9.59 Å². The predicted molar refractivity (Wildman–Crippen MR) is 85.5 cm³/mol. The lowest BCUT2D eigenvalue weighted by Crippen LogP contribution is -2.08. The zero-order valence-electron chi connectivity index (χ0n) is 12.7. The van der Waals surface area contributed by atoms with Crippen molar-refractivity contribution in [3.8, 4) is 0 Å². The molecular formula is C18H14N2O3. The third kappa shape index (κ3) is 2.81. The molecule has 0 aliphatic carbocycles. The Morgan fingerprint density at radius 2 is 1.57 bits per heavy atom. The topological polar surface area (TPSA) is 69.2 Å². The molecule has 0 radical (unpaired) electrons. The van der Waals surface area contributed by atoms with Crippen molar-refractivity contribution in [1.82, 2.24) is 9.97 Å². The van der Waals surface area contributed by atoms with Gasteiger partial charge in [-0.1, -0.05) is 30.3 Å². The number of aromatic nitrogens is 2. The van der Waals surface area contributed by atoms with Crippen molar-refractivity contribution in [2.45, 2.75) is 6.92 Å². The molecule has 0 bridgehead atoms. The van der Waals surface area contributed by atoms with Crippen LogP contribution in [0.15, 0.2) is 48.5 Å². The summed E-state index contributed by atoms with van der Waals surface area (Å²) in [7, 11) is 1.32. The number of aryl methyl sites for hydroxylation is 1. The van der Waals surface area contributed by atoms with Crippen molar-refractivity contribution >= 4 is 22.7 Å². The van der Waals surface area contributed by atoms with E-state index in [-0.39, 0.29) is 5.78 Å². The number of nitrogens with zero attached hydrogens (tertiary/aromatic N) is 2. The zero-order chi connectivity index (χ0) is 16.4. The molecule has 2 aromatic carbocycles. The Morgan fingerprint density at radius 1 is 0.913 bits per heavy atom. The normalized spacial score (nSPS) is 10.5. The van der Waals surface area contributed by atoms with Gasteiger partial charge in [-0.25, -0.2) is 14.8 Å². The molecular weight excluding hydrogens is 292 g/mol. The molecule has 0 atom stereocenters. The third-order valence-corrected chi connectivity index (χ3v) is 3.50. The summed E-state index contributed by atoms with van der Waals surface area (Å²) < 4.78 is 4.65. The number of methoxy groups -OCH3 is 1. The Balaban J connectivity index is 2.05. The van der Waals surface area contributed by atoms with Crippen LogP contribution in [-0.4, -0.2) is 28.8 Å². The maximum absolute atomic E-state index is 12.8. The largest absolute Gasteiger partial charge is 0.465 e. The lowest BCUT2D eigenvalue weighted by molar-refractivity contribution is 0.0600. The van der Waals surface area contributed by atoms with Crippen molar-refractivity contribution in [1.29, 1.82) is 0 Å². The molecule has 5 heteroatoms. The van der Waals surface area contributed by atoms with E-state index in [1.165, 1.54) is 7.11 Å². The summed E-state index contributed by atoms with van der Waals surface area (Å²) >= 11 is 0. The van der Waals surface area contributed by atoms with E-state index in [0.717, 1.165) is 5.52 Å². The maximum atomic E-state index is 12.8. The molecule has 23 heavy (non-hydrogen) atoms. The Hall–Kier alpha value is -3.08.